The highest BCUT2D eigenvalue weighted by atomic mass is 32.2. The van der Waals surface area contributed by atoms with E-state index in [1.807, 2.05) is 55.5 Å². The van der Waals surface area contributed by atoms with Gasteiger partial charge < -0.3 is 9.64 Å². The van der Waals surface area contributed by atoms with Crippen LogP contribution >= 0.6 is 11.8 Å². The van der Waals surface area contributed by atoms with Gasteiger partial charge in [-0.1, -0.05) is 36.0 Å². The van der Waals surface area contributed by atoms with Crippen LogP contribution in [-0.2, 0) is 11.3 Å². The second-order valence-corrected chi connectivity index (χ2v) is 7.04. The lowest BCUT2D eigenvalue weighted by molar-refractivity contribution is -0.127. The van der Waals surface area contributed by atoms with Crippen molar-refractivity contribution in [2.24, 2.45) is 0 Å². The van der Waals surface area contributed by atoms with Gasteiger partial charge in [0, 0.05) is 13.6 Å². The largest absolute Gasteiger partial charge is 0.497 e. The highest BCUT2D eigenvalue weighted by molar-refractivity contribution is 7.99. The fourth-order valence-corrected chi connectivity index (χ4v) is 3.35. The van der Waals surface area contributed by atoms with E-state index in [-0.39, 0.29) is 11.7 Å². The van der Waals surface area contributed by atoms with Crippen molar-refractivity contribution in [3.63, 3.8) is 0 Å². The number of carbonyl (C=O) groups is 1. The maximum atomic E-state index is 12.5. The second kappa shape index (κ2) is 8.68. The first kappa shape index (κ1) is 18.9. The molecule has 0 bridgehead atoms. The lowest BCUT2D eigenvalue weighted by Gasteiger charge is -2.17. The number of aromatic nitrogens is 4. The maximum absolute atomic E-state index is 12.5. The van der Waals surface area contributed by atoms with Crippen molar-refractivity contribution < 1.29 is 9.53 Å². The molecule has 7 nitrogen and oxygen atoms in total. The van der Waals surface area contributed by atoms with E-state index in [0.717, 1.165) is 22.6 Å². The summed E-state index contributed by atoms with van der Waals surface area (Å²) in [7, 11) is 3.42. The summed E-state index contributed by atoms with van der Waals surface area (Å²) in [6.45, 7) is 2.55. The average molecular weight is 383 g/mol. The first-order chi connectivity index (χ1) is 13.1. The molecule has 0 N–H and O–H groups in total. The van der Waals surface area contributed by atoms with E-state index in [4.69, 9.17) is 4.74 Å². The summed E-state index contributed by atoms with van der Waals surface area (Å²) < 4.78 is 6.80. The Bertz CT molecular complexity index is 910. The molecule has 1 heterocycles. The third-order valence-corrected chi connectivity index (χ3v) is 4.92. The van der Waals surface area contributed by atoms with Gasteiger partial charge in [-0.15, -0.1) is 5.10 Å². The van der Waals surface area contributed by atoms with Crippen molar-refractivity contribution in [3.05, 3.63) is 59.7 Å². The molecular weight excluding hydrogens is 362 g/mol. The standard InChI is InChI=1S/C19H21N5O2S/c1-14-5-4-6-16(11-14)24-19(20-21-22-24)27-13-18(25)23(2)12-15-7-9-17(26-3)10-8-15/h4-11H,12-13H2,1-3H3. The van der Waals surface area contributed by atoms with Gasteiger partial charge in [-0.25, -0.2) is 0 Å². The molecule has 0 saturated carbocycles. The zero-order chi connectivity index (χ0) is 19.2. The molecule has 0 spiro atoms. The fraction of sp³-hybridized carbons (Fsp3) is 0.263. The molecule has 0 saturated heterocycles. The van der Waals surface area contributed by atoms with Crippen LogP contribution in [0.4, 0.5) is 0 Å². The van der Waals surface area contributed by atoms with Gasteiger partial charge in [-0.3, -0.25) is 4.79 Å². The van der Waals surface area contributed by atoms with Crippen molar-refractivity contribution in [3.8, 4) is 11.4 Å². The van der Waals surface area contributed by atoms with Crippen LogP contribution in [0.5, 0.6) is 5.75 Å². The van der Waals surface area contributed by atoms with Crippen LogP contribution in [-0.4, -0.2) is 50.9 Å². The first-order valence-corrected chi connectivity index (χ1v) is 9.40. The molecule has 8 heteroatoms. The van der Waals surface area contributed by atoms with E-state index in [2.05, 4.69) is 15.5 Å². The highest BCUT2D eigenvalue weighted by Gasteiger charge is 2.14. The fourth-order valence-electron chi connectivity index (χ4n) is 2.52. The van der Waals surface area contributed by atoms with Crippen LogP contribution < -0.4 is 4.74 Å². The van der Waals surface area contributed by atoms with Gasteiger partial charge in [0.2, 0.25) is 11.1 Å². The van der Waals surface area contributed by atoms with E-state index in [0.29, 0.717) is 11.7 Å². The molecule has 27 heavy (non-hydrogen) atoms. The number of carbonyl (C=O) groups excluding carboxylic acids is 1. The Kier molecular flexibility index (Phi) is 6.08. The minimum atomic E-state index is 0.00890. The van der Waals surface area contributed by atoms with Gasteiger partial charge in [0.25, 0.3) is 0 Å². The first-order valence-electron chi connectivity index (χ1n) is 8.42. The molecule has 3 rings (SSSR count). The minimum Gasteiger partial charge on any atom is -0.497 e. The summed E-state index contributed by atoms with van der Waals surface area (Å²) in [6, 6.07) is 15.6. The molecule has 2 aromatic carbocycles. The third-order valence-electron chi connectivity index (χ3n) is 4.02. The van der Waals surface area contributed by atoms with Crippen LogP contribution in [0, 0.1) is 6.92 Å². The molecule has 0 aliphatic rings. The summed E-state index contributed by atoms with van der Waals surface area (Å²) >= 11 is 1.32. The lowest BCUT2D eigenvalue weighted by atomic mass is 10.2. The summed E-state index contributed by atoms with van der Waals surface area (Å²) in [6.07, 6.45) is 0. The van der Waals surface area contributed by atoms with Gasteiger partial charge in [0.05, 0.1) is 18.6 Å². The molecule has 0 radical (unpaired) electrons. The average Bonchev–Trinajstić information content (AvgIpc) is 3.15. The van der Waals surface area contributed by atoms with Gasteiger partial charge in [-0.2, -0.15) is 4.68 Å². The Morgan fingerprint density at radius 2 is 2.00 bits per heavy atom. The zero-order valence-electron chi connectivity index (χ0n) is 15.5. The molecular formula is C19H21N5O2S. The SMILES string of the molecule is COc1ccc(CN(C)C(=O)CSc2nnnn2-c2cccc(C)c2)cc1. The van der Waals surface area contributed by atoms with Crippen LogP contribution in [0.15, 0.2) is 53.7 Å². The van der Waals surface area contributed by atoms with Crippen molar-refractivity contribution >= 4 is 17.7 Å². The van der Waals surface area contributed by atoms with E-state index in [1.54, 1.807) is 23.7 Å². The number of aryl methyl sites for hydroxylation is 1. The molecule has 0 fully saturated rings. The molecule has 0 unspecified atom stereocenters. The monoisotopic (exact) mass is 383 g/mol. The van der Waals surface area contributed by atoms with Crippen LogP contribution in [0.2, 0.25) is 0 Å². The molecule has 3 aromatic rings. The van der Waals surface area contributed by atoms with E-state index in [1.165, 1.54) is 11.8 Å². The Hall–Kier alpha value is -2.87. The molecule has 0 atom stereocenters. The van der Waals surface area contributed by atoms with E-state index < -0.39 is 0 Å². The number of tetrazole rings is 1. The van der Waals surface area contributed by atoms with Crippen molar-refractivity contribution in [2.45, 2.75) is 18.6 Å². The van der Waals surface area contributed by atoms with Crippen molar-refractivity contribution in [1.82, 2.24) is 25.1 Å². The lowest BCUT2D eigenvalue weighted by Crippen LogP contribution is -2.27. The van der Waals surface area contributed by atoms with Crippen molar-refractivity contribution in [1.29, 1.82) is 0 Å². The number of amides is 1. The Labute approximate surface area is 162 Å². The number of benzene rings is 2. The van der Waals surface area contributed by atoms with Crippen LogP contribution in [0.25, 0.3) is 5.69 Å². The Morgan fingerprint density at radius 1 is 1.22 bits per heavy atom. The number of rotatable bonds is 7. The topological polar surface area (TPSA) is 73.1 Å². The number of hydrogen-bond acceptors (Lipinski definition) is 6. The molecule has 140 valence electrons. The van der Waals surface area contributed by atoms with Gasteiger partial charge in [0.1, 0.15) is 5.75 Å². The third kappa shape index (κ3) is 4.85. The maximum Gasteiger partial charge on any atom is 0.233 e. The summed E-state index contributed by atoms with van der Waals surface area (Å²) in [4.78, 5) is 14.2. The van der Waals surface area contributed by atoms with Gasteiger partial charge >= 0.3 is 0 Å². The number of thioether (sulfide) groups is 1. The van der Waals surface area contributed by atoms with Crippen LogP contribution in [0.3, 0.4) is 0 Å². The molecule has 1 amide bonds. The second-order valence-electron chi connectivity index (χ2n) is 6.10. The molecule has 1 aromatic heterocycles. The summed E-state index contributed by atoms with van der Waals surface area (Å²) in [5.41, 5.74) is 3.04. The number of nitrogens with zero attached hydrogens (tertiary/aromatic N) is 5. The molecule has 0 aliphatic heterocycles. The van der Waals surface area contributed by atoms with E-state index >= 15 is 0 Å². The normalized spacial score (nSPS) is 10.6. The quantitative estimate of drug-likeness (QED) is 0.584. The predicted molar refractivity (Wildman–Crippen MR) is 104 cm³/mol. The number of ether oxygens (including phenoxy) is 1. The zero-order valence-corrected chi connectivity index (χ0v) is 16.3. The number of methoxy groups -OCH3 is 1. The van der Waals surface area contributed by atoms with E-state index in [9.17, 15) is 4.79 Å². The summed E-state index contributed by atoms with van der Waals surface area (Å²) in [5, 5.41) is 12.4. The van der Waals surface area contributed by atoms with Crippen molar-refractivity contribution in [2.75, 3.05) is 19.9 Å². The smallest absolute Gasteiger partial charge is 0.233 e. The highest BCUT2D eigenvalue weighted by Crippen LogP contribution is 2.19. The van der Waals surface area contributed by atoms with Crippen LogP contribution in [0.1, 0.15) is 11.1 Å². The predicted octanol–water partition coefficient (Wildman–Crippen LogP) is 2.73. The summed E-state index contributed by atoms with van der Waals surface area (Å²) in [5.74, 6) is 1.07. The van der Waals surface area contributed by atoms with Gasteiger partial charge in [0.15, 0.2) is 0 Å². The Morgan fingerprint density at radius 3 is 2.70 bits per heavy atom. The minimum absolute atomic E-state index is 0.00890. The van der Waals surface area contributed by atoms with Gasteiger partial charge in [-0.05, 0) is 52.7 Å². The number of hydrogen-bond donors (Lipinski definition) is 0. The molecule has 0 aliphatic carbocycles. The Balaban J connectivity index is 1.60.